The molecule has 142 valence electrons. The van der Waals surface area contributed by atoms with Gasteiger partial charge in [-0.1, -0.05) is 6.07 Å². The van der Waals surface area contributed by atoms with Crippen molar-refractivity contribution in [2.75, 3.05) is 38.4 Å². The Morgan fingerprint density at radius 2 is 2.15 bits per heavy atom. The minimum absolute atomic E-state index is 0.00633. The zero-order valence-corrected chi connectivity index (χ0v) is 15.5. The minimum atomic E-state index is 0.00633. The van der Waals surface area contributed by atoms with E-state index in [0.29, 0.717) is 19.1 Å². The van der Waals surface area contributed by atoms with E-state index in [-0.39, 0.29) is 12.7 Å². The highest BCUT2D eigenvalue weighted by molar-refractivity contribution is 5.78. The van der Waals surface area contributed by atoms with Crippen LogP contribution in [0.15, 0.2) is 30.7 Å². The molecule has 0 unspecified atom stereocenters. The Hall–Kier alpha value is -2.87. The van der Waals surface area contributed by atoms with Crippen molar-refractivity contribution in [1.29, 1.82) is 0 Å². The summed E-state index contributed by atoms with van der Waals surface area (Å²) in [6.07, 6.45) is 3.39. The summed E-state index contributed by atoms with van der Waals surface area (Å²) in [5.74, 6) is 2.46. The van der Waals surface area contributed by atoms with E-state index in [4.69, 9.17) is 9.47 Å². The zero-order chi connectivity index (χ0) is 18.8. The molecule has 2 aliphatic rings. The number of ether oxygens (including phenoxy) is 2. The molecule has 2 aromatic rings. The summed E-state index contributed by atoms with van der Waals surface area (Å²) >= 11 is 0. The van der Waals surface area contributed by atoms with Crippen molar-refractivity contribution in [1.82, 2.24) is 20.2 Å². The van der Waals surface area contributed by atoms with Gasteiger partial charge in [-0.2, -0.15) is 0 Å². The first kappa shape index (κ1) is 17.5. The minimum Gasteiger partial charge on any atom is -0.454 e. The van der Waals surface area contributed by atoms with Crippen LogP contribution in [-0.4, -0.2) is 60.3 Å². The third-order valence-corrected chi connectivity index (χ3v) is 4.97. The van der Waals surface area contributed by atoms with Crippen LogP contribution in [0.5, 0.6) is 11.5 Å². The fourth-order valence-electron chi connectivity index (χ4n) is 3.29. The highest BCUT2D eigenvalue weighted by atomic mass is 16.7. The van der Waals surface area contributed by atoms with Gasteiger partial charge in [0.25, 0.3) is 0 Å². The number of carbonyl (C=O) groups is 1. The van der Waals surface area contributed by atoms with Crippen LogP contribution in [0.4, 0.5) is 5.82 Å². The van der Waals surface area contributed by atoms with E-state index in [9.17, 15) is 4.79 Å². The smallest absolute Gasteiger partial charge is 0.234 e. The molecule has 2 aliphatic heterocycles. The monoisotopic (exact) mass is 369 g/mol. The number of rotatable bonds is 6. The molecule has 0 radical (unpaired) electrons. The molecule has 1 N–H and O–H groups in total. The van der Waals surface area contributed by atoms with Crippen LogP contribution in [0.3, 0.4) is 0 Å². The van der Waals surface area contributed by atoms with Crippen molar-refractivity contribution in [3.8, 4) is 11.5 Å². The van der Waals surface area contributed by atoms with Crippen molar-refractivity contribution in [3.63, 3.8) is 0 Å². The number of nitrogens with zero attached hydrogens (tertiary/aromatic N) is 4. The van der Waals surface area contributed by atoms with Crippen LogP contribution in [0.1, 0.15) is 11.1 Å². The van der Waals surface area contributed by atoms with Crippen LogP contribution in [0.2, 0.25) is 0 Å². The Morgan fingerprint density at radius 1 is 1.33 bits per heavy atom. The summed E-state index contributed by atoms with van der Waals surface area (Å²) < 4.78 is 10.7. The average molecular weight is 369 g/mol. The Morgan fingerprint density at radius 3 is 2.96 bits per heavy atom. The molecule has 8 nitrogen and oxygen atoms in total. The molecule has 1 aromatic heterocycles. The molecule has 1 fully saturated rings. The molecule has 1 saturated heterocycles. The average Bonchev–Trinajstić information content (AvgIpc) is 3.08. The van der Waals surface area contributed by atoms with Crippen molar-refractivity contribution < 1.29 is 14.3 Å². The first-order chi connectivity index (χ1) is 13.1. The van der Waals surface area contributed by atoms with E-state index in [1.807, 2.05) is 38.4 Å². The zero-order valence-electron chi connectivity index (χ0n) is 15.5. The van der Waals surface area contributed by atoms with Gasteiger partial charge in [0.2, 0.25) is 12.7 Å². The lowest BCUT2D eigenvalue weighted by Gasteiger charge is -2.44. The van der Waals surface area contributed by atoms with Crippen LogP contribution in [0.25, 0.3) is 0 Å². The van der Waals surface area contributed by atoms with E-state index in [1.54, 1.807) is 6.33 Å². The summed E-state index contributed by atoms with van der Waals surface area (Å²) in [5.41, 5.74) is 2.06. The Balaban J connectivity index is 1.23. The topological polar surface area (TPSA) is 79.8 Å². The molecule has 8 heteroatoms. The Labute approximate surface area is 158 Å². The van der Waals surface area contributed by atoms with Gasteiger partial charge in [-0.25, -0.2) is 9.97 Å². The van der Waals surface area contributed by atoms with Gasteiger partial charge in [0.15, 0.2) is 11.5 Å². The molecule has 1 aromatic carbocycles. The highest BCUT2D eigenvalue weighted by Gasteiger charge is 2.32. The van der Waals surface area contributed by atoms with Crippen LogP contribution < -0.4 is 19.7 Å². The quantitative estimate of drug-likeness (QED) is 0.812. The molecule has 1 amide bonds. The second kappa shape index (κ2) is 7.40. The van der Waals surface area contributed by atoms with Crippen LogP contribution in [0, 0.1) is 6.92 Å². The highest BCUT2D eigenvalue weighted by Crippen LogP contribution is 2.32. The van der Waals surface area contributed by atoms with Crippen molar-refractivity contribution in [2.45, 2.75) is 19.5 Å². The predicted molar refractivity (Wildman–Crippen MR) is 99.8 cm³/mol. The molecule has 0 saturated carbocycles. The molecule has 0 bridgehead atoms. The fraction of sp³-hybridized carbons (Fsp3) is 0.421. The summed E-state index contributed by atoms with van der Waals surface area (Å²) in [6, 6.07) is 6.05. The molecule has 27 heavy (non-hydrogen) atoms. The van der Waals surface area contributed by atoms with E-state index < -0.39 is 0 Å². The second-order valence-corrected chi connectivity index (χ2v) is 6.97. The van der Waals surface area contributed by atoms with E-state index in [1.165, 1.54) is 0 Å². The summed E-state index contributed by atoms with van der Waals surface area (Å²) in [6.45, 7) is 4.83. The number of hydrogen-bond acceptors (Lipinski definition) is 7. The summed E-state index contributed by atoms with van der Waals surface area (Å²) in [5, 5.41) is 2.96. The maximum absolute atomic E-state index is 12.3. The number of benzene rings is 1. The van der Waals surface area contributed by atoms with Gasteiger partial charge in [0, 0.05) is 37.4 Å². The normalized spacial score (nSPS) is 15.7. The third-order valence-electron chi connectivity index (χ3n) is 4.97. The van der Waals surface area contributed by atoms with Gasteiger partial charge in [0.05, 0.1) is 6.54 Å². The maximum atomic E-state index is 12.3. The molecule has 0 spiro atoms. The summed E-state index contributed by atoms with van der Waals surface area (Å²) in [7, 11) is 1.98. The van der Waals surface area contributed by atoms with Crippen LogP contribution >= 0.6 is 0 Å². The number of likely N-dealkylation sites (N-methyl/N-ethyl adjacent to an activating group) is 1. The van der Waals surface area contributed by atoms with Gasteiger partial charge in [-0.15, -0.1) is 0 Å². The van der Waals surface area contributed by atoms with Crippen molar-refractivity contribution in [2.24, 2.45) is 0 Å². The molecular weight excluding hydrogens is 346 g/mol. The number of aryl methyl sites for hydroxylation is 1. The predicted octanol–water partition coefficient (Wildman–Crippen LogP) is 0.951. The number of fused-ring (bicyclic) bond motifs is 1. The lowest BCUT2D eigenvalue weighted by molar-refractivity contribution is -0.122. The lowest BCUT2D eigenvalue weighted by atomic mass is 10.1. The first-order valence-corrected chi connectivity index (χ1v) is 8.97. The number of hydrogen-bond donors (Lipinski definition) is 1. The van der Waals surface area contributed by atoms with E-state index in [2.05, 4.69) is 25.1 Å². The van der Waals surface area contributed by atoms with Gasteiger partial charge in [0.1, 0.15) is 12.1 Å². The largest absolute Gasteiger partial charge is 0.454 e. The van der Waals surface area contributed by atoms with Gasteiger partial charge >= 0.3 is 0 Å². The summed E-state index contributed by atoms with van der Waals surface area (Å²) in [4.78, 5) is 24.9. The molecule has 0 atom stereocenters. The van der Waals surface area contributed by atoms with Crippen LogP contribution in [-0.2, 0) is 11.3 Å². The van der Waals surface area contributed by atoms with Gasteiger partial charge in [-0.3, -0.25) is 9.69 Å². The number of aromatic nitrogens is 2. The standard InChI is InChI=1S/C19H23N5O3/c1-13-6-20-11-22-19(13)24-8-15(9-24)23(2)10-18(25)21-7-14-3-4-16-17(5-14)27-12-26-16/h3-6,11,15H,7-10,12H2,1-2H3,(H,21,25). The van der Waals surface area contributed by atoms with Crippen molar-refractivity contribution in [3.05, 3.63) is 41.9 Å². The molecule has 4 rings (SSSR count). The molecule has 0 aliphatic carbocycles. The molecular formula is C19H23N5O3. The first-order valence-electron chi connectivity index (χ1n) is 8.97. The fourth-order valence-corrected chi connectivity index (χ4v) is 3.29. The number of carbonyl (C=O) groups excluding carboxylic acids is 1. The third kappa shape index (κ3) is 3.80. The van der Waals surface area contributed by atoms with E-state index >= 15 is 0 Å². The lowest BCUT2D eigenvalue weighted by Crippen LogP contribution is -2.60. The van der Waals surface area contributed by atoms with Gasteiger partial charge in [-0.05, 0) is 31.7 Å². The van der Waals surface area contributed by atoms with Gasteiger partial charge < -0.3 is 19.7 Å². The Kier molecular flexibility index (Phi) is 4.81. The number of amides is 1. The van der Waals surface area contributed by atoms with E-state index in [0.717, 1.165) is 41.5 Å². The molecule has 3 heterocycles. The number of nitrogens with one attached hydrogen (secondary N) is 1. The second-order valence-electron chi connectivity index (χ2n) is 6.97. The Bertz CT molecular complexity index is 838. The maximum Gasteiger partial charge on any atom is 0.234 e. The van der Waals surface area contributed by atoms with Crippen molar-refractivity contribution >= 4 is 11.7 Å². The SMILES string of the molecule is Cc1cncnc1N1CC(N(C)CC(=O)NCc2ccc3c(c2)OCO3)C1. The number of anilines is 1.